The minimum Gasteiger partial charge on any atom is -0.338 e. The second-order valence-electron chi connectivity index (χ2n) is 5.34. The lowest BCUT2D eigenvalue weighted by molar-refractivity contribution is -0.141. The normalized spacial score (nSPS) is 16.6. The summed E-state index contributed by atoms with van der Waals surface area (Å²) in [7, 11) is 0. The molecular formula is C14H14F3N5O. The summed E-state index contributed by atoms with van der Waals surface area (Å²) in [5.41, 5.74) is -0.837. The van der Waals surface area contributed by atoms with Crippen LogP contribution in [0.15, 0.2) is 30.7 Å². The van der Waals surface area contributed by atoms with Crippen molar-refractivity contribution in [3.8, 4) is 0 Å². The van der Waals surface area contributed by atoms with Gasteiger partial charge in [-0.05, 0) is 25.0 Å². The molecule has 9 heteroatoms. The maximum atomic E-state index is 12.5. The highest BCUT2D eigenvalue weighted by Gasteiger charge is 2.32. The first-order valence-corrected chi connectivity index (χ1v) is 7.13. The van der Waals surface area contributed by atoms with Crippen molar-refractivity contribution < 1.29 is 18.0 Å². The quantitative estimate of drug-likeness (QED) is 0.849. The monoisotopic (exact) mass is 325 g/mol. The first-order chi connectivity index (χ1) is 10.9. The third kappa shape index (κ3) is 3.33. The minimum absolute atomic E-state index is 0.164. The zero-order valence-electron chi connectivity index (χ0n) is 12.1. The Labute approximate surface area is 129 Å². The maximum Gasteiger partial charge on any atom is 0.433 e. The standard InChI is InChI=1S/C14H14F3N5O/c15-14(16,17)12-2-1-10(9-18-12)13(23)21-6-3-11(4-7-21)22-8-5-19-20-22/h1-2,5,8-9,11H,3-4,6-7H2. The lowest BCUT2D eigenvalue weighted by atomic mass is 10.0. The van der Waals surface area contributed by atoms with Gasteiger partial charge in [-0.3, -0.25) is 9.78 Å². The molecule has 0 saturated carbocycles. The number of carbonyl (C=O) groups excluding carboxylic acids is 1. The van der Waals surface area contributed by atoms with Crippen LogP contribution in [0, 0.1) is 0 Å². The van der Waals surface area contributed by atoms with Gasteiger partial charge >= 0.3 is 6.18 Å². The van der Waals surface area contributed by atoms with E-state index in [9.17, 15) is 18.0 Å². The molecule has 3 heterocycles. The lowest BCUT2D eigenvalue weighted by Gasteiger charge is -2.31. The average Bonchev–Trinajstić information content (AvgIpc) is 3.08. The average molecular weight is 325 g/mol. The highest BCUT2D eigenvalue weighted by atomic mass is 19.4. The molecule has 0 bridgehead atoms. The van der Waals surface area contributed by atoms with Gasteiger partial charge in [-0.2, -0.15) is 13.2 Å². The van der Waals surface area contributed by atoms with E-state index in [0.717, 1.165) is 25.1 Å². The summed E-state index contributed by atoms with van der Waals surface area (Å²) in [6.45, 7) is 1.04. The van der Waals surface area contributed by atoms with E-state index in [0.29, 0.717) is 13.1 Å². The molecule has 1 fully saturated rings. The molecule has 1 aliphatic rings. The van der Waals surface area contributed by atoms with Crippen LogP contribution in [0.2, 0.25) is 0 Å². The number of hydrogen-bond donors (Lipinski definition) is 0. The van der Waals surface area contributed by atoms with Crippen molar-refractivity contribution in [2.45, 2.75) is 25.1 Å². The molecule has 6 nitrogen and oxygen atoms in total. The Morgan fingerprint density at radius 2 is 1.96 bits per heavy atom. The van der Waals surface area contributed by atoms with Crippen molar-refractivity contribution in [1.82, 2.24) is 24.9 Å². The van der Waals surface area contributed by atoms with Crippen molar-refractivity contribution in [1.29, 1.82) is 0 Å². The number of aromatic nitrogens is 4. The molecule has 0 atom stereocenters. The fourth-order valence-electron chi connectivity index (χ4n) is 2.62. The number of carbonyl (C=O) groups is 1. The van der Waals surface area contributed by atoms with Crippen LogP contribution in [-0.4, -0.2) is 43.9 Å². The van der Waals surface area contributed by atoms with E-state index < -0.39 is 11.9 Å². The van der Waals surface area contributed by atoms with Crippen LogP contribution < -0.4 is 0 Å². The SMILES string of the molecule is O=C(c1ccc(C(F)(F)F)nc1)N1CCC(n2ccnn2)CC1. The highest BCUT2D eigenvalue weighted by Crippen LogP contribution is 2.27. The molecule has 0 aliphatic carbocycles. The van der Waals surface area contributed by atoms with Gasteiger partial charge in [-0.1, -0.05) is 5.21 Å². The number of hydrogen-bond acceptors (Lipinski definition) is 4. The summed E-state index contributed by atoms with van der Waals surface area (Å²) < 4.78 is 39.2. The fourth-order valence-corrected chi connectivity index (χ4v) is 2.62. The number of rotatable bonds is 2. The van der Waals surface area contributed by atoms with Crippen molar-refractivity contribution in [3.63, 3.8) is 0 Å². The predicted molar refractivity (Wildman–Crippen MR) is 73.4 cm³/mol. The molecule has 1 aliphatic heterocycles. The first kappa shape index (κ1) is 15.4. The van der Waals surface area contributed by atoms with Crippen LogP contribution in [0.5, 0.6) is 0 Å². The zero-order chi connectivity index (χ0) is 16.4. The molecule has 3 rings (SSSR count). The van der Waals surface area contributed by atoms with E-state index in [-0.39, 0.29) is 17.5 Å². The van der Waals surface area contributed by atoms with Gasteiger partial charge in [0.25, 0.3) is 5.91 Å². The Bertz CT molecular complexity index is 661. The van der Waals surface area contributed by atoms with Crippen LogP contribution >= 0.6 is 0 Å². The number of nitrogens with zero attached hydrogens (tertiary/aromatic N) is 5. The Balaban J connectivity index is 1.63. The maximum absolute atomic E-state index is 12.5. The molecule has 1 amide bonds. The molecule has 1 saturated heterocycles. The molecule has 0 N–H and O–H groups in total. The van der Waals surface area contributed by atoms with Gasteiger partial charge in [0.1, 0.15) is 5.69 Å². The summed E-state index contributed by atoms with van der Waals surface area (Å²) in [5.74, 6) is -0.303. The smallest absolute Gasteiger partial charge is 0.338 e. The molecule has 2 aromatic heterocycles. The van der Waals surface area contributed by atoms with E-state index >= 15 is 0 Å². The zero-order valence-corrected chi connectivity index (χ0v) is 12.1. The number of alkyl halides is 3. The van der Waals surface area contributed by atoms with Crippen LogP contribution in [-0.2, 0) is 6.18 Å². The van der Waals surface area contributed by atoms with Gasteiger partial charge in [-0.25, -0.2) is 4.68 Å². The molecule has 122 valence electrons. The second-order valence-corrected chi connectivity index (χ2v) is 5.34. The first-order valence-electron chi connectivity index (χ1n) is 7.13. The molecule has 0 radical (unpaired) electrons. The van der Waals surface area contributed by atoms with Crippen LogP contribution in [0.25, 0.3) is 0 Å². The molecule has 23 heavy (non-hydrogen) atoms. The van der Waals surface area contributed by atoms with Crippen molar-refractivity contribution >= 4 is 5.91 Å². The van der Waals surface area contributed by atoms with Gasteiger partial charge in [0.2, 0.25) is 0 Å². The van der Waals surface area contributed by atoms with Gasteiger partial charge in [0, 0.05) is 25.5 Å². The number of likely N-dealkylation sites (tertiary alicyclic amines) is 1. The van der Waals surface area contributed by atoms with Gasteiger partial charge in [-0.15, -0.1) is 5.10 Å². The summed E-state index contributed by atoms with van der Waals surface area (Å²) in [6.07, 6.45) is 1.31. The Kier molecular flexibility index (Phi) is 4.01. The molecule has 0 unspecified atom stereocenters. The van der Waals surface area contributed by atoms with E-state index in [1.807, 2.05) is 0 Å². The Morgan fingerprint density at radius 3 is 2.48 bits per heavy atom. The Morgan fingerprint density at radius 1 is 1.22 bits per heavy atom. The van der Waals surface area contributed by atoms with Crippen LogP contribution in [0.3, 0.4) is 0 Å². The third-order valence-corrected chi connectivity index (χ3v) is 3.87. The number of halogens is 3. The van der Waals surface area contributed by atoms with Crippen molar-refractivity contribution in [2.75, 3.05) is 13.1 Å². The number of piperidine rings is 1. The van der Waals surface area contributed by atoms with Gasteiger partial charge in [0.15, 0.2) is 0 Å². The molecular weight excluding hydrogens is 311 g/mol. The number of pyridine rings is 1. The largest absolute Gasteiger partial charge is 0.433 e. The fraction of sp³-hybridized carbons (Fsp3) is 0.429. The molecule has 0 spiro atoms. The molecule has 2 aromatic rings. The molecule has 0 aromatic carbocycles. The van der Waals surface area contributed by atoms with Crippen LogP contribution in [0.1, 0.15) is 34.9 Å². The summed E-state index contributed by atoms with van der Waals surface area (Å²) in [6, 6.07) is 2.18. The number of amides is 1. The van der Waals surface area contributed by atoms with Crippen LogP contribution in [0.4, 0.5) is 13.2 Å². The third-order valence-electron chi connectivity index (χ3n) is 3.87. The summed E-state index contributed by atoms with van der Waals surface area (Å²) in [4.78, 5) is 17.3. The predicted octanol–water partition coefficient (Wildman–Crippen LogP) is 2.17. The lowest BCUT2D eigenvalue weighted by Crippen LogP contribution is -2.39. The van der Waals surface area contributed by atoms with Gasteiger partial charge < -0.3 is 4.90 Å². The van der Waals surface area contributed by atoms with Crippen molar-refractivity contribution in [2.24, 2.45) is 0 Å². The van der Waals surface area contributed by atoms with E-state index in [4.69, 9.17) is 0 Å². The van der Waals surface area contributed by atoms with E-state index in [1.165, 1.54) is 6.07 Å². The second kappa shape index (κ2) is 5.98. The van der Waals surface area contributed by atoms with Gasteiger partial charge in [0.05, 0.1) is 17.8 Å². The Hall–Kier alpha value is -2.45. The summed E-state index contributed by atoms with van der Waals surface area (Å²) >= 11 is 0. The van der Waals surface area contributed by atoms with E-state index in [2.05, 4.69) is 15.3 Å². The summed E-state index contributed by atoms with van der Waals surface area (Å²) in [5, 5.41) is 7.71. The minimum atomic E-state index is -4.50. The van der Waals surface area contributed by atoms with Crippen molar-refractivity contribution in [3.05, 3.63) is 42.0 Å². The highest BCUT2D eigenvalue weighted by molar-refractivity contribution is 5.94. The van der Waals surface area contributed by atoms with E-state index in [1.54, 1.807) is 22.0 Å². The topological polar surface area (TPSA) is 63.9 Å².